The van der Waals surface area contributed by atoms with Gasteiger partial charge in [0.15, 0.2) is 12.4 Å². The van der Waals surface area contributed by atoms with Crippen LogP contribution in [0.15, 0.2) is 122 Å². The molecule has 0 aliphatic rings. The maximum absolute atomic E-state index is 6.34. The summed E-state index contributed by atoms with van der Waals surface area (Å²) in [4.78, 5) is 0. The number of para-hydroxylation sites is 1. The van der Waals surface area contributed by atoms with Crippen LogP contribution in [-0.4, -0.2) is 0 Å². The van der Waals surface area contributed by atoms with Gasteiger partial charge >= 0.3 is 45.7 Å². The van der Waals surface area contributed by atoms with Gasteiger partial charge in [0.2, 0.25) is 11.2 Å². The average molecular weight is 784 g/mol. The van der Waals surface area contributed by atoms with E-state index in [4.69, 9.17) is 4.74 Å². The van der Waals surface area contributed by atoms with E-state index >= 15 is 0 Å². The first-order valence-electron chi connectivity index (χ1n) is 13.6. The van der Waals surface area contributed by atoms with E-state index in [1.54, 1.807) is 0 Å². The molecule has 0 amide bonds. The third-order valence-electron chi connectivity index (χ3n) is 7.69. The molecule has 0 spiro atoms. The zero-order valence-electron chi connectivity index (χ0n) is 22.2. The van der Waals surface area contributed by atoms with Crippen LogP contribution in [0.25, 0.3) is 65.3 Å². The monoisotopic (exact) mass is 784 g/mol. The van der Waals surface area contributed by atoms with E-state index in [1.165, 1.54) is 64.2 Å². The van der Waals surface area contributed by atoms with Gasteiger partial charge in [-0.25, -0.2) is 0 Å². The number of halogens is 2. The van der Waals surface area contributed by atoms with Gasteiger partial charge in [-0.15, -0.1) is 16.9 Å². The van der Waals surface area contributed by atoms with Crippen molar-refractivity contribution in [3.63, 3.8) is 0 Å². The number of rotatable bonds is 5. The fourth-order valence-corrected chi connectivity index (χ4v) is 8.36. The third kappa shape index (κ3) is 4.35. The minimum atomic E-state index is 0.843. The molecular weight excluding hydrogens is 762 g/mol. The van der Waals surface area contributed by atoms with Crippen LogP contribution in [0.2, 0.25) is 0 Å². The van der Waals surface area contributed by atoms with E-state index in [2.05, 4.69) is 155 Å². The molecule has 0 aliphatic heterocycles. The summed E-state index contributed by atoms with van der Waals surface area (Å²) in [6.45, 7) is 0. The largest absolute Gasteiger partial charge is 0.457 e. The first-order chi connectivity index (χ1) is 20.7. The van der Waals surface area contributed by atoms with Crippen molar-refractivity contribution in [2.75, 3.05) is 0 Å². The van der Waals surface area contributed by atoms with Crippen LogP contribution in [0, 0.1) is 0 Å². The Morgan fingerprint density at radius 3 is 2.24 bits per heavy atom. The second kappa shape index (κ2) is 10.6. The SMILES string of the molecule is I[n+]1ccccc1-c1ccccc1/C=C/c1ccc2sc3cc(Oc4ccccc4)cc4c5ccc[n+](I)c5c1c2c34. The Balaban J connectivity index is 1.36. The van der Waals surface area contributed by atoms with Gasteiger partial charge in [-0.05, 0) is 59.7 Å². The van der Waals surface area contributed by atoms with Gasteiger partial charge in [0.05, 0.1) is 16.3 Å². The molecule has 6 heteroatoms. The van der Waals surface area contributed by atoms with E-state index in [-0.39, 0.29) is 0 Å². The predicted molar refractivity (Wildman–Crippen MR) is 192 cm³/mol. The summed E-state index contributed by atoms with van der Waals surface area (Å²) >= 11 is 6.60. The molecule has 0 aliphatic carbocycles. The molecule has 0 N–H and O–H groups in total. The van der Waals surface area contributed by atoms with E-state index in [0.717, 1.165) is 11.5 Å². The molecule has 3 heterocycles. The zero-order chi connectivity index (χ0) is 28.2. The summed E-state index contributed by atoms with van der Waals surface area (Å²) in [6, 6.07) is 38.2. The Kier molecular flexibility index (Phi) is 6.57. The molecule has 0 radical (unpaired) electrons. The lowest BCUT2D eigenvalue weighted by Gasteiger charge is -2.11. The van der Waals surface area contributed by atoms with Gasteiger partial charge in [-0.3, -0.25) is 0 Å². The Bertz CT molecular complexity index is 2310. The van der Waals surface area contributed by atoms with E-state index in [1.807, 2.05) is 41.7 Å². The van der Waals surface area contributed by atoms with Crippen LogP contribution in [0.5, 0.6) is 11.5 Å². The van der Waals surface area contributed by atoms with Crippen LogP contribution >= 0.6 is 57.1 Å². The van der Waals surface area contributed by atoms with Gasteiger partial charge < -0.3 is 4.74 Å². The standard InChI is InChI=1S/C36H22I2N2OS/c37-39-19-7-6-14-30(39)27-12-5-4-9-23(27)15-16-24-17-18-31-35-33(24)36-28(13-8-20-40(36)38)29-21-26(22-32(42-31)34(29)35)41-25-10-2-1-3-11-25/h1-22H/q+2/b16-15+. The first kappa shape index (κ1) is 26.1. The molecule has 0 bridgehead atoms. The van der Waals surface area contributed by atoms with E-state index in [9.17, 15) is 0 Å². The van der Waals surface area contributed by atoms with Crippen molar-refractivity contribution in [2.45, 2.75) is 0 Å². The Hall–Kier alpha value is -3.60. The summed E-state index contributed by atoms with van der Waals surface area (Å²) < 4.78 is 13.2. The minimum absolute atomic E-state index is 0.843. The molecular formula is C36H22I2N2OS+2. The fourth-order valence-electron chi connectivity index (χ4n) is 5.90. The maximum Gasteiger partial charge on any atom is 0.354 e. The minimum Gasteiger partial charge on any atom is -0.457 e. The van der Waals surface area contributed by atoms with Crippen LogP contribution < -0.4 is 10.3 Å². The van der Waals surface area contributed by atoms with Gasteiger partial charge in [0, 0.05) is 43.8 Å². The number of aromatic nitrogens is 2. The van der Waals surface area contributed by atoms with Gasteiger partial charge in [-0.2, -0.15) is 0 Å². The molecule has 0 saturated carbocycles. The van der Waals surface area contributed by atoms with E-state index in [0.29, 0.717) is 0 Å². The summed E-state index contributed by atoms with van der Waals surface area (Å²) in [7, 11) is 0. The van der Waals surface area contributed by atoms with Crippen molar-refractivity contribution in [3.8, 4) is 22.8 Å². The topological polar surface area (TPSA) is 17.0 Å². The zero-order valence-corrected chi connectivity index (χ0v) is 27.3. The molecule has 5 aromatic carbocycles. The number of benzene rings is 5. The highest BCUT2D eigenvalue weighted by molar-refractivity contribution is 14.1. The summed E-state index contributed by atoms with van der Waals surface area (Å²) in [6.07, 6.45) is 8.75. The lowest BCUT2D eigenvalue weighted by atomic mass is 9.93. The number of fused-ring (bicyclic) bond motifs is 3. The van der Waals surface area contributed by atoms with Crippen LogP contribution in [0.4, 0.5) is 0 Å². The van der Waals surface area contributed by atoms with Crippen molar-refractivity contribution < 1.29 is 10.3 Å². The molecule has 8 aromatic rings. The number of ether oxygens (including phenoxy) is 1. The number of thiophene rings is 1. The van der Waals surface area contributed by atoms with E-state index < -0.39 is 0 Å². The fraction of sp³-hybridized carbons (Fsp3) is 0. The highest BCUT2D eigenvalue weighted by Gasteiger charge is 2.24. The first-order valence-corrected chi connectivity index (χ1v) is 16.3. The van der Waals surface area contributed by atoms with Gasteiger partial charge in [0.1, 0.15) is 11.5 Å². The highest BCUT2D eigenvalue weighted by Crippen LogP contribution is 2.47. The average Bonchev–Trinajstić information content (AvgIpc) is 3.39. The summed E-state index contributed by atoms with van der Waals surface area (Å²) in [5, 5.41) is 6.36. The number of pyridine rings is 2. The Morgan fingerprint density at radius 2 is 1.36 bits per heavy atom. The predicted octanol–water partition coefficient (Wildman–Crippen LogP) is 10.4. The molecule has 0 saturated heterocycles. The highest BCUT2D eigenvalue weighted by atomic mass is 127. The molecule has 200 valence electrons. The number of hydrogen-bond acceptors (Lipinski definition) is 2. The molecule has 8 rings (SSSR count). The second-order valence-corrected chi connectivity index (χ2v) is 13.3. The Morgan fingerprint density at radius 1 is 0.571 bits per heavy atom. The molecule has 3 aromatic heterocycles. The lowest BCUT2D eigenvalue weighted by molar-refractivity contribution is -0.427. The van der Waals surface area contributed by atoms with Crippen LogP contribution in [-0.2, 0) is 0 Å². The number of hydrogen-bond donors (Lipinski definition) is 0. The van der Waals surface area contributed by atoms with Crippen molar-refractivity contribution in [1.82, 2.24) is 0 Å². The smallest absolute Gasteiger partial charge is 0.354 e. The Labute approximate surface area is 274 Å². The van der Waals surface area contributed by atoms with Crippen molar-refractivity contribution >= 4 is 111 Å². The van der Waals surface area contributed by atoms with Crippen molar-refractivity contribution in [3.05, 3.63) is 133 Å². The molecule has 42 heavy (non-hydrogen) atoms. The lowest BCUT2D eigenvalue weighted by Crippen LogP contribution is -2.21. The normalized spacial score (nSPS) is 12.0. The summed E-state index contributed by atoms with van der Waals surface area (Å²) in [5.74, 6) is 1.70. The quantitative estimate of drug-likeness (QED) is 0.0965. The van der Waals surface area contributed by atoms with Crippen molar-refractivity contribution in [2.24, 2.45) is 0 Å². The van der Waals surface area contributed by atoms with Crippen molar-refractivity contribution in [1.29, 1.82) is 0 Å². The molecule has 0 fully saturated rings. The van der Waals surface area contributed by atoms with Crippen LogP contribution in [0.1, 0.15) is 11.1 Å². The molecule has 3 nitrogen and oxygen atoms in total. The second-order valence-electron chi connectivity index (χ2n) is 10.2. The van der Waals surface area contributed by atoms with Crippen LogP contribution in [0.3, 0.4) is 0 Å². The summed E-state index contributed by atoms with van der Waals surface area (Å²) in [5.41, 5.74) is 5.99. The van der Waals surface area contributed by atoms with Gasteiger partial charge in [-0.1, -0.05) is 54.6 Å². The van der Waals surface area contributed by atoms with Gasteiger partial charge in [0.25, 0.3) is 0 Å². The third-order valence-corrected chi connectivity index (χ3v) is 10.4. The molecule has 0 atom stereocenters. The molecule has 0 unspecified atom stereocenters. The number of nitrogens with zero attached hydrogens (tertiary/aromatic N) is 2. The maximum atomic E-state index is 6.34.